The topological polar surface area (TPSA) is 84.1 Å². The SMILES string of the molecule is CCOC(=O)C1=C(C)N=c2s/c(=C/c3cc(C)n(-c4ccc(Cl)cc4)c3C)c(=O)n2[C@@H]1c1cc(OC)ccc1OC. The van der Waals surface area contributed by atoms with Gasteiger partial charge in [-0.2, -0.15) is 0 Å². The van der Waals surface area contributed by atoms with E-state index in [1.165, 1.54) is 11.3 Å². The third-order valence-electron chi connectivity index (χ3n) is 7.09. The zero-order valence-corrected chi connectivity index (χ0v) is 25.2. The zero-order valence-electron chi connectivity index (χ0n) is 23.6. The summed E-state index contributed by atoms with van der Waals surface area (Å²) in [5.41, 5.74) is 4.95. The molecule has 0 amide bonds. The van der Waals surface area contributed by atoms with Crippen LogP contribution in [0.5, 0.6) is 11.5 Å². The molecule has 3 heterocycles. The molecule has 0 radical (unpaired) electrons. The molecule has 2 aromatic carbocycles. The summed E-state index contributed by atoms with van der Waals surface area (Å²) in [6.45, 7) is 7.71. The van der Waals surface area contributed by atoms with E-state index in [0.717, 1.165) is 22.6 Å². The fourth-order valence-electron chi connectivity index (χ4n) is 5.20. The van der Waals surface area contributed by atoms with Crippen LogP contribution in [-0.4, -0.2) is 35.9 Å². The number of fused-ring (bicyclic) bond motifs is 1. The Kier molecular flexibility index (Phi) is 7.93. The summed E-state index contributed by atoms with van der Waals surface area (Å²) in [4.78, 5) is 32.5. The Morgan fingerprint density at radius 2 is 1.80 bits per heavy atom. The van der Waals surface area contributed by atoms with Crippen molar-refractivity contribution in [2.45, 2.75) is 33.7 Å². The second kappa shape index (κ2) is 11.4. The van der Waals surface area contributed by atoms with Gasteiger partial charge in [0, 0.05) is 27.7 Å². The minimum atomic E-state index is -0.820. The van der Waals surface area contributed by atoms with Crippen LogP contribution in [0.4, 0.5) is 0 Å². The maximum absolute atomic E-state index is 14.1. The molecule has 0 saturated heterocycles. The summed E-state index contributed by atoms with van der Waals surface area (Å²) >= 11 is 7.37. The number of aryl methyl sites for hydroxylation is 1. The summed E-state index contributed by atoms with van der Waals surface area (Å²) in [6.07, 6.45) is 1.88. The first kappa shape index (κ1) is 28.4. The molecule has 0 bridgehead atoms. The van der Waals surface area contributed by atoms with Gasteiger partial charge < -0.3 is 18.8 Å². The molecule has 1 aliphatic heterocycles. The van der Waals surface area contributed by atoms with Crippen molar-refractivity contribution >= 4 is 35.0 Å². The molecule has 0 saturated carbocycles. The molecular weight excluding hydrogens is 562 g/mol. The van der Waals surface area contributed by atoms with Crippen molar-refractivity contribution in [3.8, 4) is 17.2 Å². The van der Waals surface area contributed by atoms with Gasteiger partial charge in [0.15, 0.2) is 4.80 Å². The highest BCUT2D eigenvalue weighted by atomic mass is 35.5. The molecule has 1 aliphatic rings. The lowest BCUT2D eigenvalue weighted by molar-refractivity contribution is -0.139. The molecule has 0 unspecified atom stereocenters. The Morgan fingerprint density at radius 1 is 1.07 bits per heavy atom. The Labute approximate surface area is 246 Å². The number of thiazole rings is 1. The summed E-state index contributed by atoms with van der Waals surface area (Å²) in [5.74, 6) is 0.535. The molecule has 0 fully saturated rings. The minimum absolute atomic E-state index is 0.186. The van der Waals surface area contributed by atoms with Gasteiger partial charge in [-0.25, -0.2) is 9.79 Å². The molecular formula is C31H30ClN3O5S. The van der Waals surface area contributed by atoms with E-state index in [1.54, 1.807) is 50.8 Å². The van der Waals surface area contributed by atoms with Crippen molar-refractivity contribution in [2.24, 2.45) is 4.99 Å². The number of ether oxygens (including phenoxy) is 3. The first-order valence-corrected chi connectivity index (χ1v) is 14.2. The smallest absolute Gasteiger partial charge is 0.338 e. The van der Waals surface area contributed by atoms with Crippen molar-refractivity contribution in [3.05, 3.63) is 107 Å². The van der Waals surface area contributed by atoms with Crippen molar-refractivity contribution in [2.75, 3.05) is 20.8 Å². The first-order chi connectivity index (χ1) is 19.7. The van der Waals surface area contributed by atoms with Crippen LogP contribution >= 0.6 is 22.9 Å². The molecule has 4 aromatic rings. The van der Waals surface area contributed by atoms with E-state index in [1.807, 2.05) is 50.3 Å². The van der Waals surface area contributed by atoms with E-state index < -0.39 is 12.0 Å². The molecule has 10 heteroatoms. The molecule has 0 aliphatic carbocycles. The van der Waals surface area contributed by atoms with E-state index >= 15 is 0 Å². The van der Waals surface area contributed by atoms with Crippen molar-refractivity contribution in [1.29, 1.82) is 0 Å². The van der Waals surface area contributed by atoms with Gasteiger partial charge in [-0.3, -0.25) is 9.36 Å². The Morgan fingerprint density at radius 3 is 2.46 bits per heavy atom. The predicted molar refractivity (Wildman–Crippen MR) is 160 cm³/mol. The molecule has 1 atom stereocenters. The molecule has 212 valence electrons. The quantitative estimate of drug-likeness (QED) is 0.286. The fourth-order valence-corrected chi connectivity index (χ4v) is 6.36. The molecule has 2 aromatic heterocycles. The van der Waals surface area contributed by atoms with Crippen molar-refractivity contribution in [3.63, 3.8) is 0 Å². The van der Waals surface area contributed by atoms with Gasteiger partial charge in [-0.15, -0.1) is 0 Å². The number of allylic oxidation sites excluding steroid dienone is 1. The average Bonchev–Trinajstić information content (AvgIpc) is 3.41. The largest absolute Gasteiger partial charge is 0.497 e. The lowest BCUT2D eigenvalue weighted by Gasteiger charge is -2.26. The van der Waals surface area contributed by atoms with Crippen LogP contribution in [-0.2, 0) is 9.53 Å². The highest BCUT2D eigenvalue weighted by Gasteiger charge is 2.35. The number of carbonyl (C=O) groups is 1. The van der Waals surface area contributed by atoms with Gasteiger partial charge in [-0.05, 0) is 87.9 Å². The Balaban J connectivity index is 1.73. The third kappa shape index (κ3) is 5.11. The van der Waals surface area contributed by atoms with Crippen LogP contribution in [0.2, 0.25) is 5.02 Å². The number of carbonyl (C=O) groups excluding carboxylic acids is 1. The number of methoxy groups -OCH3 is 2. The summed E-state index contributed by atoms with van der Waals surface area (Å²) in [6, 6.07) is 14.1. The molecule has 41 heavy (non-hydrogen) atoms. The zero-order chi connectivity index (χ0) is 29.4. The Hall–Kier alpha value is -4.08. The highest BCUT2D eigenvalue weighted by Crippen LogP contribution is 2.38. The number of rotatable bonds is 7. The second-order valence-corrected chi connectivity index (χ2v) is 11.0. The van der Waals surface area contributed by atoms with Gasteiger partial charge in [0.1, 0.15) is 17.5 Å². The number of esters is 1. The van der Waals surface area contributed by atoms with Gasteiger partial charge in [0.25, 0.3) is 5.56 Å². The second-order valence-electron chi connectivity index (χ2n) is 9.55. The van der Waals surface area contributed by atoms with Gasteiger partial charge in [-0.1, -0.05) is 22.9 Å². The van der Waals surface area contributed by atoms with Crippen molar-refractivity contribution < 1.29 is 19.0 Å². The molecule has 5 rings (SSSR count). The average molecular weight is 592 g/mol. The minimum Gasteiger partial charge on any atom is -0.497 e. The van der Waals surface area contributed by atoms with E-state index in [4.69, 9.17) is 25.8 Å². The van der Waals surface area contributed by atoms with Crippen LogP contribution in [0.15, 0.2) is 69.6 Å². The summed E-state index contributed by atoms with van der Waals surface area (Å²) < 4.78 is 20.7. The standard InChI is InChI=1S/C31H30ClN3O5S/c1-7-40-30(37)27-18(3)33-31-35(28(27)24-16-23(38-5)12-13-25(24)39-6)29(36)26(41-31)15-20-14-17(2)34(19(20)4)22-10-8-21(32)9-11-22/h8-16,28H,7H2,1-6H3/b26-15+/t28-/m1/s1. The molecule has 0 N–H and O–H groups in total. The van der Waals surface area contributed by atoms with Gasteiger partial charge >= 0.3 is 5.97 Å². The summed E-state index contributed by atoms with van der Waals surface area (Å²) in [7, 11) is 3.11. The van der Waals surface area contributed by atoms with E-state index in [2.05, 4.69) is 9.56 Å². The number of halogens is 1. The normalized spacial score (nSPS) is 15.0. The van der Waals surface area contributed by atoms with Gasteiger partial charge in [0.05, 0.1) is 36.6 Å². The maximum Gasteiger partial charge on any atom is 0.338 e. The number of nitrogens with zero attached hydrogens (tertiary/aromatic N) is 3. The first-order valence-electron chi connectivity index (χ1n) is 13.0. The van der Waals surface area contributed by atoms with E-state index in [0.29, 0.717) is 37.1 Å². The third-order valence-corrected chi connectivity index (χ3v) is 8.33. The van der Waals surface area contributed by atoms with Crippen LogP contribution in [0, 0.1) is 13.8 Å². The lowest BCUT2D eigenvalue weighted by atomic mass is 9.94. The van der Waals surface area contributed by atoms with Gasteiger partial charge in [0.2, 0.25) is 0 Å². The van der Waals surface area contributed by atoms with Crippen molar-refractivity contribution in [1.82, 2.24) is 9.13 Å². The predicted octanol–water partition coefficient (Wildman–Crippen LogP) is 4.88. The fraction of sp³-hybridized carbons (Fsp3) is 0.258. The van der Waals surface area contributed by atoms with Crippen LogP contribution in [0.3, 0.4) is 0 Å². The summed E-state index contributed by atoms with van der Waals surface area (Å²) in [5, 5.41) is 0.664. The Bertz CT molecular complexity index is 1860. The molecule has 0 spiro atoms. The number of hydrogen-bond acceptors (Lipinski definition) is 7. The van der Waals surface area contributed by atoms with Crippen LogP contribution in [0.1, 0.15) is 42.4 Å². The number of benzene rings is 2. The van der Waals surface area contributed by atoms with Crippen LogP contribution < -0.4 is 24.4 Å². The maximum atomic E-state index is 14.1. The van der Waals surface area contributed by atoms with E-state index in [-0.39, 0.29) is 17.7 Å². The van der Waals surface area contributed by atoms with E-state index in [9.17, 15) is 9.59 Å². The molecule has 8 nitrogen and oxygen atoms in total. The lowest BCUT2D eigenvalue weighted by Crippen LogP contribution is -2.40. The monoisotopic (exact) mass is 591 g/mol. The number of hydrogen-bond donors (Lipinski definition) is 0. The van der Waals surface area contributed by atoms with Crippen LogP contribution in [0.25, 0.3) is 11.8 Å². The highest BCUT2D eigenvalue weighted by molar-refractivity contribution is 7.07. The number of aromatic nitrogens is 2.